The van der Waals surface area contributed by atoms with Crippen LogP contribution >= 0.6 is 0 Å². The van der Waals surface area contributed by atoms with Crippen LogP contribution in [0.2, 0.25) is 0 Å². The second kappa shape index (κ2) is 5.16. The van der Waals surface area contributed by atoms with Gasteiger partial charge in [0.15, 0.2) is 0 Å². The third-order valence-electron chi connectivity index (χ3n) is 3.02. The number of nitrogens with one attached hydrogen (secondary N) is 1. The number of hydrogen-bond acceptors (Lipinski definition) is 4. The van der Waals surface area contributed by atoms with Crippen LogP contribution in [0.1, 0.15) is 10.5 Å². The molecule has 0 aliphatic heterocycles. The lowest BCUT2D eigenvalue weighted by Gasteiger charge is -2.06. The van der Waals surface area contributed by atoms with Crippen LogP contribution in [0.5, 0.6) is 0 Å². The van der Waals surface area contributed by atoms with Crippen molar-refractivity contribution in [3.8, 4) is 0 Å². The molecule has 0 spiro atoms. The SMILES string of the molecule is Cn1cc(NC(=O)c2cnc3ccccc3n2)ccc1=O. The molecule has 0 saturated carbocycles. The Labute approximate surface area is 120 Å². The Morgan fingerprint density at radius 1 is 1.14 bits per heavy atom. The number of fused-ring (bicyclic) bond motifs is 1. The summed E-state index contributed by atoms with van der Waals surface area (Å²) in [6.07, 6.45) is 2.98. The quantitative estimate of drug-likeness (QED) is 0.773. The zero-order valence-corrected chi connectivity index (χ0v) is 11.3. The number of para-hydroxylation sites is 2. The molecule has 0 aliphatic carbocycles. The van der Waals surface area contributed by atoms with Crippen molar-refractivity contribution in [1.82, 2.24) is 14.5 Å². The fourth-order valence-corrected chi connectivity index (χ4v) is 1.93. The summed E-state index contributed by atoms with van der Waals surface area (Å²) >= 11 is 0. The fourth-order valence-electron chi connectivity index (χ4n) is 1.93. The van der Waals surface area contributed by atoms with Crippen LogP contribution in [0.25, 0.3) is 11.0 Å². The predicted octanol–water partition coefficient (Wildman–Crippen LogP) is 1.58. The van der Waals surface area contributed by atoms with E-state index < -0.39 is 0 Å². The number of amides is 1. The number of carbonyl (C=O) groups excluding carboxylic acids is 1. The lowest BCUT2D eigenvalue weighted by Crippen LogP contribution is -2.18. The molecular weight excluding hydrogens is 268 g/mol. The number of nitrogens with zero attached hydrogens (tertiary/aromatic N) is 3. The average Bonchev–Trinajstić information content (AvgIpc) is 2.50. The largest absolute Gasteiger partial charge is 0.319 e. The Balaban J connectivity index is 1.89. The maximum atomic E-state index is 12.2. The molecule has 0 radical (unpaired) electrons. The van der Waals surface area contributed by atoms with E-state index in [9.17, 15) is 9.59 Å². The maximum absolute atomic E-state index is 12.2. The first-order valence-electron chi connectivity index (χ1n) is 6.33. The van der Waals surface area contributed by atoms with E-state index in [4.69, 9.17) is 0 Å². The normalized spacial score (nSPS) is 10.5. The van der Waals surface area contributed by atoms with Crippen molar-refractivity contribution in [3.63, 3.8) is 0 Å². The monoisotopic (exact) mass is 280 g/mol. The Kier molecular flexibility index (Phi) is 3.19. The summed E-state index contributed by atoms with van der Waals surface area (Å²) < 4.78 is 1.39. The molecule has 0 atom stereocenters. The molecule has 1 amide bonds. The summed E-state index contributed by atoms with van der Waals surface area (Å²) in [5, 5.41) is 2.69. The van der Waals surface area contributed by atoms with Crippen molar-refractivity contribution in [2.75, 3.05) is 5.32 Å². The van der Waals surface area contributed by atoms with Crippen LogP contribution in [0.3, 0.4) is 0 Å². The van der Waals surface area contributed by atoms with Gasteiger partial charge in [-0.25, -0.2) is 4.98 Å². The highest BCUT2D eigenvalue weighted by Crippen LogP contribution is 2.10. The van der Waals surface area contributed by atoms with E-state index in [1.165, 1.54) is 16.8 Å². The van der Waals surface area contributed by atoms with E-state index in [1.807, 2.05) is 18.2 Å². The van der Waals surface area contributed by atoms with Gasteiger partial charge in [0.1, 0.15) is 5.69 Å². The van der Waals surface area contributed by atoms with E-state index in [1.54, 1.807) is 25.4 Å². The van der Waals surface area contributed by atoms with Gasteiger partial charge in [0.2, 0.25) is 5.56 Å². The molecule has 2 heterocycles. The number of hydrogen-bond donors (Lipinski definition) is 1. The molecule has 0 saturated heterocycles. The molecule has 21 heavy (non-hydrogen) atoms. The minimum absolute atomic E-state index is 0.140. The highest BCUT2D eigenvalue weighted by Gasteiger charge is 2.09. The molecule has 3 aromatic rings. The summed E-state index contributed by atoms with van der Waals surface area (Å²) in [5.74, 6) is -0.369. The molecule has 1 aromatic carbocycles. The van der Waals surface area contributed by atoms with E-state index >= 15 is 0 Å². The van der Waals surface area contributed by atoms with Crippen molar-refractivity contribution >= 4 is 22.6 Å². The number of aromatic nitrogens is 3. The van der Waals surface area contributed by atoms with Crippen LogP contribution in [0.15, 0.2) is 53.6 Å². The van der Waals surface area contributed by atoms with Crippen molar-refractivity contribution in [2.24, 2.45) is 7.05 Å². The fraction of sp³-hybridized carbons (Fsp3) is 0.0667. The van der Waals surface area contributed by atoms with Crippen LogP contribution in [0.4, 0.5) is 5.69 Å². The van der Waals surface area contributed by atoms with Gasteiger partial charge in [-0.1, -0.05) is 12.1 Å². The Morgan fingerprint density at radius 3 is 2.67 bits per heavy atom. The van der Waals surface area contributed by atoms with Gasteiger partial charge in [0.05, 0.1) is 22.9 Å². The van der Waals surface area contributed by atoms with Gasteiger partial charge in [-0.3, -0.25) is 14.6 Å². The van der Waals surface area contributed by atoms with E-state index in [2.05, 4.69) is 15.3 Å². The standard InChI is InChI=1S/C15H12N4O2/c1-19-9-10(6-7-14(19)20)17-15(21)13-8-16-11-4-2-3-5-12(11)18-13/h2-9H,1H3,(H,17,21). The van der Waals surface area contributed by atoms with Gasteiger partial charge < -0.3 is 9.88 Å². The minimum Gasteiger partial charge on any atom is -0.319 e. The summed E-state index contributed by atoms with van der Waals surface area (Å²) in [7, 11) is 1.62. The van der Waals surface area contributed by atoms with Gasteiger partial charge in [-0.2, -0.15) is 0 Å². The zero-order valence-electron chi connectivity index (χ0n) is 11.3. The highest BCUT2D eigenvalue weighted by atomic mass is 16.2. The molecule has 6 nitrogen and oxygen atoms in total. The predicted molar refractivity (Wildman–Crippen MR) is 79.2 cm³/mol. The number of anilines is 1. The van der Waals surface area contributed by atoms with E-state index in [-0.39, 0.29) is 17.2 Å². The van der Waals surface area contributed by atoms with Crippen molar-refractivity contribution in [3.05, 3.63) is 64.8 Å². The molecule has 0 unspecified atom stereocenters. The Hall–Kier alpha value is -3.02. The number of aryl methyl sites for hydroxylation is 1. The first-order valence-corrected chi connectivity index (χ1v) is 6.33. The highest BCUT2D eigenvalue weighted by molar-refractivity contribution is 6.03. The number of benzene rings is 1. The third-order valence-corrected chi connectivity index (χ3v) is 3.02. The van der Waals surface area contributed by atoms with Gasteiger partial charge in [0, 0.05) is 19.3 Å². The lowest BCUT2D eigenvalue weighted by molar-refractivity contribution is 0.102. The molecule has 0 aliphatic rings. The molecule has 1 N–H and O–H groups in total. The maximum Gasteiger partial charge on any atom is 0.275 e. The molecular formula is C15H12N4O2. The van der Waals surface area contributed by atoms with Crippen LogP contribution < -0.4 is 10.9 Å². The summed E-state index contributed by atoms with van der Waals surface area (Å²) in [4.78, 5) is 31.9. The van der Waals surface area contributed by atoms with E-state index in [0.29, 0.717) is 11.2 Å². The molecule has 2 aromatic heterocycles. The van der Waals surface area contributed by atoms with Crippen molar-refractivity contribution < 1.29 is 4.79 Å². The summed E-state index contributed by atoms with van der Waals surface area (Å²) in [5.41, 5.74) is 2.00. The second-order valence-corrected chi connectivity index (χ2v) is 4.56. The van der Waals surface area contributed by atoms with E-state index in [0.717, 1.165) is 5.52 Å². The second-order valence-electron chi connectivity index (χ2n) is 4.56. The molecule has 104 valence electrons. The zero-order chi connectivity index (χ0) is 14.8. The molecule has 0 bridgehead atoms. The Morgan fingerprint density at radius 2 is 1.90 bits per heavy atom. The third kappa shape index (κ3) is 2.64. The smallest absolute Gasteiger partial charge is 0.275 e. The van der Waals surface area contributed by atoms with Crippen LogP contribution in [0, 0.1) is 0 Å². The Bertz CT molecular complexity index is 886. The minimum atomic E-state index is -0.369. The average molecular weight is 280 g/mol. The lowest BCUT2D eigenvalue weighted by atomic mass is 10.3. The van der Waals surface area contributed by atoms with Crippen LogP contribution in [-0.2, 0) is 7.05 Å². The van der Waals surface area contributed by atoms with Gasteiger partial charge in [0.25, 0.3) is 5.91 Å². The topological polar surface area (TPSA) is 76.9 Å². The number of carbonyl (C=O) groups is 1. The molecule has 0 fully saturated rings. The first kappa shape index (κ1) is 13.0. The van der Waals surface area contributed by atoms with Gasteiger partial charge >= 0.3 is 0 Å². The molecule has 3 rings (SSSR count). The summed E-state index contributed by atoms with van der Waals surface area (Å²) in [6.45, 7) is 0. The molecule has 6 heteroatoms. The van der Waals surface area contributed by atoms with Crippen LogP contribution in [-0.4, -0.2) is 20.4 Å². The van der Waals surface area contributed by atoms with Gasteiger partial charge in [-0.05, 0) is 18.2 Å². The van der Waals surface area contributed by atoms with Crippen molar-refractivity contribution in [1.29, 1.82) is 0 Å². The number of pyridine rings is 1. The number of rotatable bonds is 2. The first-order chi connectivity index (χ1) is 10.1. The summed E-state index contributed by atoms with van der Waals surface area (Å²) in [6, 6.07) is 10.3. The van der Waals surface area contributed by atoms with Crippen molar-refractivity contribution in [2.45, 2.75) is 0 Å². The van der Waals surface area contributed by atoms with Gasteiger partial charge in [-0.15, -0.1) is 0 Å².